The maximum atomic E-state index is 2.56. The van der Waals surface area contributed by atoms with E-state index in [9.17, 15) is 0 Å². The van der Waals surface area contributed by atoms with Gasteiger partial charge >= 0.3 is 0 Å². The molecule has 4 aliphatic rings. The van der Waals surface area contributed by atoms with Crippen molar-refractivity contribution in [3.05, 3.63) is 173 Å². The minimum absolute atomic E-state index is 0.313. The predicted molar refractivity (Wildman–Crippen MR) is 211 cm³/mol. The van der Waals surface area contributed by atoms with Crippen LogP contribution in [0.25, 0.3) is 50.9 Å². The summed E-state index contributed by atoms with van der Waals surface area (Å²) < 4.78 is 5.05. The number of benzene rings is 4. The van der Waals surface area contributed by atoms with Crippen LogP contribution in [0.15, 0.2) is 134 Å². The topological polar surface area (TPSA) is 9.86 Å². The molecule has 0 amide bonds. The summed E-state index contributed by atoms with van der Waals surface area (Å²) in [6, 6.07) is 34.9. The molecule has 0 spiro atoms. The van der Waals surface area contributed by atoms with Gasteiger partial charge in [0.05, 0.1) is 11.0 Å². The molecule has 6 aromatic rings. The summed E-state index contributed by atoms with van der Waals surface area (Å²) in [4.78, 5) is 0. The molecule has 0 fully saturated rings. The van der Waals surface area contributed by atoms with E-state index in [2.05, 4.69) is 155 Å². The highest BCUT2D eigenvalue weighted by atomic mass is 15.0. The predicted octanol–water partition coefficient (Wildman–Crippen LogP) is 12.4. The second-order valence-corrected chi connectivity index (χ2v) is 14.6. The molecule has 4 aliphatic carbocycles. The number of para-hydroxylation sites is 1. The van der Waals surface area contributed by atoms with Crippen molar-refractivity contribution < 1.29 is 0 Å². The summed E-state index contributed by atoms with van der Waals surface area (Å²) in [5.74, 6) is 0.861. The lowest BCUT2D eigenvalue weighted by Crippen LogP contribution is -2.08. The fraction of sp³-hybridized carbons (Fsp3) is 0.208. The van der Waals surface area contributed by atoms with E-state index < -0.39 is 0 Å². The Balaban J connectivity index is 1.05. The van der Waals surface area contributed by atoms with Gasteiger partial charge in [0, 0.05) is 50.9 Å². The van der Waals surface area contributed by atoms with E-state index in [-0.39, 0.29) is 0 Å². The molecule has 4 aromatic carbocycles. The molecule has 0 aliphatic heterocycles. The summed E-state index contributed by atoms with van der Waals surface area (Å²) in [6.45, 7) is 0. The first-order chi connectivity index (χ1) is 24.8. The molecule has 2 aromatic heterocycles. The van der Waals surface area contributed by atoms with Crippen LogP contribution in [0.5, 0.6) is 0 Å². The number of fused-ring (bicyclic) bond motifs is 6. The first-order valence-corrected chi connectivity index (χ1v) is 18.7. The van der Waals surface area contributed by atoms with Crippen molar-refractivity contribution in [3.63, 3.8) is 0 Å². The summed E-state index contributed by atoms with van der Waals surface area (Å²) >= 11 is 0. The van der Waals surface area contributed by atoms with E-state index in [1.165, 1.54) is 97.2 Å². The van der Waals surface area contributed by atoms with Gasteiger partial charge in [0.2, 0.25) is 0 Å². The van der Waals surface area contributed by atoms with Gasteiger partial charge in [-0.05, 0) is 122 Å². The molecule has 2 atom stereocenters. The van der Waals surface area contributed by atoms with Gasteiger partial charge in [0.25, 0.3) is 0 Å². The number of hydrogen-bond donors (Lipinski definition) is 0. The van der Waals surface area contributed by atoms with E-state index in [0.717, 1.165) is 32.1 Å². The van der Waals surface area contributed by atoms with Gasteiger partial charge < -0.3 is 9.13 Å². The third kappa shape index (κ3) is 4.92. The Morgan fingerprint density at radius 3 is 2.38 bits per heavy atom. The Hall–Kier alpha value is -5.34. The van der Waals surface area contributed by atoms with Crippen LogP contribution in [0.4, 0.5) is 0 Å². The summed E-state index contributed by atoms with van der Waals surface area (Å²) in [6.07, 6.45) is 30.2. The van der Waals surface area contributed by atoms with Gasteiger partial charge in [0.1, 0.15) is 0 Å². The summed E-state index contributed by atoms with van der Waals surface area (Å²) in [7, 11) is 0. The van der Waals surface area contributed by atoms with Gasteiger partial charge in [-0.25, -0.2) is 0 Å². The molecule has 244 valence electrons. The molecule has 0 saturated heterocycles. The van der Waals surface area contributed by atoms with Crippen molar-refractivity contribution in [1.29, 1.82) is 0 Å². The Kier molecular flexibility index (Phi) is 7.22. The lowest BCUT2D eigenvalue weighted by atomic mass is 9.86. The lowest BCUT2D eigenvalue weighted by molar-refractivity contribution is 0.654. The fourth-order valence-corrected chi connectivity index (χ4v) is 9.13. The lowest BCUT2D eigenvalue weighted by Gasteiger charge is -2.21. The van der Waals surface area contributed by atoms with Crippen LogP contribution in [0.3, 0.4) is 0 Å². The quantitative estimate of drug-likeness (QED) is 0.165. The van der Waals surface area contributed by atoms with Crippen molar-refractivity contribution in [2.45, 2.75) is 63.2 Å². The molecule has 10 rings (SSSR count). The first kappa shape index (κ1) is 29.6. The Labute approximate surface area is 295 Å². The highest BCUT2D eigenvalue weighted by molar-refractivity contribution is 5.94. The van der Waals surface area contributed by atoms with Gasteiger partial charge in [0.15, 0.2) is 0 Å². The van der Waals surface area contributed by atoms with Crippen molar-refractivity contribution >= 4 is 39.5 Å². The molecule has 50 heavy (non-hydrogen) atoms. The smallest absolute Gasteiger partial charge is 0.0540 e. The second-order valence-electron chi connectivity index (χ2n) is 14.6. The average molecular weight is 647 g/mol. The zero-order valence-corrected chi connectivity index (χ0v) is 28.6. The first-order valence-electron chi connectivity index (χ1n) is 18.7. The third-order valence-electron chi connectivity index (χ3n) is 11.6. The van der Waals surface area contributed by atoms with E-state index >= 15 is 0 Å². The van der Waals surface area contributed by atoms with Crippen molar-refractivity contribution in [2.24, 2.45) is 0 Å². The monoisotopic (exact) mass is 646 g/mol. The highest BCUT2D eigenvalue weighted by Gasteiger charge is 2.26. The van der Waals surface area contributed by atoms with Crippen LogP contribution < -0.4 is 0 Å². The zero-order chi connectivity index (χ0) is 33.0. The number of nitrogens with zero attached hydrogens (tertiary/aromatic N) is 2. The van der Waals surface area contributed by atoms with Crippen molar-refractivity contribution in [1.82, 2.24) is 9.13 Å². The molecule has 2 heterocycles. The maximum Gasteiger partial charge on any atom is 0.0540 e. The molecule has 2 unspecified atom stereocenters. The number of allylic oxidation sites excluding steroid dienone is 8. The second kappa shape index (κ2) is 12.2. The van der Waals surface area contributed by atoms with E-state index in [4.69, 9.17) is 0 Å². The van der Waals surface area contributed by atoms with Gasteiger partial charge in [-0.1, -0.05) is 103 Å². The van der Waals surface area contributed by atoms with Gasteiger partial charge in [-0.2, -0.15) is 0 Å². The van der Waals surface area contributed by atoms with Crippen LogP contribution in [-0.2, 0) is 12.8 Å². The number of rotatable bonds is 5. The van der Waals surface area contributed by atoms with Crippen molar-refractivity contribution in [3.8, 4) is 11.4 Å². The van der Waals surface area contributed by atoms with Crippen molar-refractivity contribution in [2.75, 3.05) is 0 Å². The Morgan fingerprint density at radius 2 is 1.50 bits per heavy atom. The minimum Gasteiger partial charge on any atom is -0.313 e. The Morgan fingerprint density at radius 1 is 0.600 bits per heavy atom. The largest absolute Gasteiger partial charge is 0.313 e. The van der Waals surface area contributed by atoms with E-state index in [1.54, 1.807) is 0 Å². The van der Waals surface area contributed by atoms with E-state index in [1.807, 2.05) is 0 Å². The van der Waals surface area contributed by atoms with Crippen LogP contribution in [-0.4, -0.2) is 9.13 Å². The molecule has 0 radical (unpaired) electrons. The summed E-state index contributed by atoms with van der Waals surface area (Å²) in [5, 5.41) is 2.72. The molecule has 0 N–H and O–H groups in total. The average Bonchev–Trinajstić information content (AvgIpc) is 3.71. The van der Waals surface area contributed by atoms with Crippen LogP contribution in [0.2, 0.25) is 0 Å². The summed E-state index contributed by atoms with van der Waals surface area (Å²) in [5.41, 5.74) is 16.3. The highest BCUT2D eigenvalue weighted by Crippen LogP contribution is 2.41. The maximum absolute atomic E-state index is 2.56. The van der Waals surface area contributed by atoms with Crippen LogP contribution in [0.1, 0.15) is 89.6 Å². The zero-order valence-electron chi connectivity index (χ0n) is 28.6. The minimum atomic E-state index is 0.313. The molecule has 0 bridgehead atoms. The molecular weight excluding hydrogens is 605 g/mol. The fourth-order valence-electron chi connectivity index (χ4n) is 9.13. The molecule has 0 saturated carbocycles. The van der Waals surface area contributed by atoms with Gasteiger partial charge in [-0.3, -0.25) is 0 Å². The molecular formula is C48H42N2. The Bertz CT molecular complexity index is 2430. The van der Waals surface area contributed by atoms with Gasteiger partial charge in [-0.15, -0.1) is 0 Å². The third-order valence-corrected chi connectivity index (χ3v) is 11.6. The molecule has 2 nitrogen and oxygen atoms in total. The standard InChI is InChI=1S/C48H42N2/c1-3-12-33(13-4-1)35-22-26-39(27-23-35)49-45-20-9-7-18-41(45)43-28-24-38(32-48(43)49)37-25-29-47-44(31-37)42-19-8-10-21-46(42)50(47)40-17-11-16-36(30-40)34-14-5-2-6-15-34/h2-3,5,7-8,10-12,14,16-19,21-30,32-33,37H,1,4,6,9,13,15,20,31H2. The number of hydrogen-bond acceptors (Lipinski definition) is 0. The van der Waals surface area contributed by atoms with Crippen LogP contribution >= 0.6 is 0 Å². The number of aromatic nitrogens is 2. The molecule has 2 heteroatoms. The SMILES string of the molecule is C1=CCCC(c2cccc(-n3c4c(c5ccccc53)CC(c3ccc5c6c(n(-c7ccc(C8C=CCCC8)cc7)c5c3)CCC=C6)C=C4)c2)=C1. The normalized spacial score (nSPS) is 19.6. The van der Waals surface area contributed by atoms with Crippen LogP contribution in [0, 0.1) is 0 Å². The van der Waals surface area contributed by atoms with E-state index in [0.29, 0.717) is 11.8 Å².